The van der Waals surface area contributed by atoms with Crippen LogP contribution in [0.25, 0.3) is 0 Å². The van der Waals surface area contributed by atoms with Gasteiger partial charge in [-0.15, -0.1) is 0 Å². The van der Waals surface area contributed by atoms with Crippen molar-refractivity contribution >= 4 is 5.96 Å². The van der Waals surface area contributed by atoms with Gasteiger partial charge < -0.3 is 20.1 Å². The van der Waals surface area contributed by atoms with Crippen molar-refractivity contribution in [1.82, 2.24) is 15.6 Å². The van der Waals surface area contributed by atoms with E-state index in [0.717, 1.165) is 18.1 Å². The molecule has 27 heavy (non-hydrogen) atoms. The standard InChI is InChI=1S/C21H30N4O2/c1-21(2,18-8-6-5-7-9-18)16-25-20(22-3)24-15-17-10-11-19(23-14-17)27-13-12-26-4/h5-11,14H,12-13,15-16H2,1-4H3,(H2,22,24,25). The molecule has 0 bridgehead atoms. The van der Waals surface area contributed by atoms with Gasteiger partial charge >= 0.3 is 0 Å². The first-order valence-corrected chi connectivity index (χ1v) is 9.12. The maximum atomic E-state index is 5.47. The topological polar surface area (TPSA) is 67.8 Å². The maximum Gasteiger partial charge on any atom is 0.213 e. The number of aliphatic imine (C=N–C) groups is 1. The molecule has 6 nitrogen and oxygen atoms in total. The van der Waals surface area contributed by atoms with Crippen LogP contribution in [0.5, 0.6) is 5.88 Å². The van der Waals surface area contributed by atoms with Crippen molar-refractivity contribution in [3.8, 4) is 5.88 Å². The Kier molecular flexibility index (Phi) is 8.07. The molecule has 2 N–H and O–H groups in total. The van der Waals surface area contributed by atoms with Crippen LogP contribution in [0, 0.1) is 0 Å². The second-order valence-electron chi connectivity index (χ2n) is 6.88. The van der Waals surface area contributed by atoms with E-state index in [0.29, 0.717) is 25.6 Å². The largest absolute Gasteiger partial charge is 0.475 e. The second-order valence-corrected chi connectivity index (χ2v) is 6.88. The van der Waals surface area contributed by atoms with Crippen LogP contribution in [0.1, 0.15) is 25.0 Å². The first-order chi connectivity index (χ1) is 13.0. The van der Waals surface area contributed by atoms with Crippen LogP contribution in [0.2, 0.25) is 0 Å². The minimum atomic E-state index is 0.00161. The number of aromatic nitrogens is 1. The summed E-state index contributed by atoms with van der Waals surface area (Å²) in [5.74, 6) is 1.36. The third-order valence-corrected chi connectivity index (χ3v) is 4.27. The summed E-state index contributed by atoms with van der Waals surface area (Å²) in [5.41, 5.74) is 2.35. The molecule has 1 aromatic heterocycles. The number of nitrogens with one attached hydrogen (secondary N) is 2. The van der Waals surface area contributed by atoms with Crippen molar-refractivity contribution < 1.29 is 9.47 Å². The van der Waals surface area contributed by atoms with Gasteiger partial charge in [0.2, 0.25) is 5.88 Å². The van der Waals surface area contributed by atoms with Crippen molar-refractivity contribution in [3.05, 3.63) is 59.8 Å². The van der Waals surface area contributed by atoms with Gasteiger partial charge in [0.15, 0.2) is 5.96 Å². The Labute approximate surface area is 162 Å². The summed E-state index contributed by atoms with van der Waals surface area (Å²) in [7, 11) is 3.42. The summed E-state index contributed by atoms with van der Waals surface area (Å²) in [6, 6.07) is 14.3. The van der Waals surface area contributed by atoms with E-state index in [1.54, 1.807) is 20.4 Å². The van der Waals surface area contributed by atoms with Crippen molar-refractivity contribution in [2.24, 2.45) is 4.99 Å². The molecule has 0 aliphatic rings. The molecule has 0 atom stereocenters. The molecule has 0 saturated heterocycles. The zero-order valence-electron chi connectivity index (χ0n) is 16.7. The lowest BCUT2D eigenvalue weighted by molar-refractivity contribution is 0.143. The number of ether oxygens (including phenoxy) is 2. The van der Waals surface area contributed by atoms with E-state index >= 15 is 0 Å². The molecule has 2 aromatic rings. The summed E-state index contributed by atoms with van der Waals surface area (Å²) < 4.78 is 10.4. The van der Waals surface area contributed by atoms with Gasteiger partial charge in [0.25, 0.3) is 0 Å². The zero-order chi connectivity index (χ0) is 19.5. The van der Waals surface area contributed by atoms with Gasteiger partial charge in [-0.3, -0.25) is 4.99 Å². The summed E-state index contributed by atoms with van der Waals surface area (Å²) in [6.07, 6.45) is 1.80. The molecular formula is C21H30N4O2. The van der Waals surface area contributed by atoms with E-state index < -0.39 is 0 Å². The molecule has 1 aromatic carbocycles. The predicted octanol–water partition coefficient (Wildman–Crippen LogP) is 2.75. The number of nitrogens with zero attached hydrogens (tertiary/aromatic N) is 2. The van der Waals surface area contributed by atoms with Crippen LogP contribution < -0.4 is 15.4 Å². The minimum absolute atomic E-state index is 0.00161. The Morgan fingerprint density at radius 2 is 1.85 bits per heavy atom. The molecule has 146 valence electrons. The van der Waals surface area contributed by atoms with Crippen LogP contribution in [-0.4, -0.2) is 44.9 Å². The normalized spacial score (nSPS) is 11.9. The van der Waals surface area contributed by atoms with Crippen molar-refractivity contribution in [2.45, 2.75) is 25.8 Å². The highest BCUT2D eigenvalue weighted by Crippen LogP contribution is 2.21. The highest BCUT2D eigenvalue weighted by molar-refractivity contribution is 5.79. The van der Waals surface area contributed by atoms with Gasteiger partial charge in [0.1, 0.15) is 6.61 Å². The van der Waals surface area contributed by atoms with E-state index in [9.17, 15) is 0 Å². The summed E-state index contributed by atoms with van der Waals surface area (Å²) in [5, 5.41) is 6.72. The van der Waals surface area contributed by atoms with Gasteiger partial charge in [-0.2, -0.15) is 0 Å². The number of hydrogen-bond acceptors (Lipinski definition) is 4. The van der Waals surface area contributed by atoms with E-state index in [4.69, 9.17) is 9.47 Å². The number of hydrogen-bond donors (Lipinski definition) is 2. The van der Waals surface area contributed by atoms with Gasteiger partial charge in [-0.1, -0.05) is 50.2 Å². The molecule has 0 saturated carbocycles. The van der Waals surface area contributed by atoms with Crippen LogP contribution in [0.3, 0.4) is 0 Å². The third-order valence-electron chi connectivity index (χ3n) is 4.27. The van der Waals surface area contributed by atoms with Crippen LogP contribution in [-0.2, 0) is 16.7 Å². The predicted molar refractivity (Wildman–Crippen MR) is 109 cm³/mol. The zero-order valence-corrected chi connectivity index (χ0v) is 16.7. The Bertz CT molecular complexity index is 700. The van der Waals surface area contributed by atoms with Gasteiger partial charge in [-0.05, 0) is 11.1 Å². The van der Waals surface area contributed by atoms with E-state index in [2.05, 4.69) is 58.7 Å². The van der Waals surface area contributed by atoms with Crippen LogP contribution in [0.4, 0.5) is 0 Å². The fourth-order valence-corrected chi connectivity index (χ4v) is 2.53. The lowest BCUT2D eigenvalue weighted by atomic mass is 9.85. The van der Waals surface area contributed by atoms with Gasteiger partial charge in [0, 0.05) is 44.9 Å². The maximum absolute atomic E-state index is 5.47. The molecule has 0 unspecified atom stereocenters. The van der Waals surface area contributed by atoms with Crippen LogP contribution >= 0.6 is 0 Å². The van der Waals surface area contributed by atoms with E-state index in [1.807, 2.05) is 18.2 Å². The molecular weight excluding hydrogens is 340 g/mol. The molecule has 0 fully saturated rings. The fraction of sp³-hybridized carbons (Fsp3) is 0.429. The first kappa shape index (κ1) is 20.7. The average molecular weight is 370 g/mol. The van der Waals surface area contributed by atoms with E-state index in [-0.39, 0.29) is 5.41 Å². The molecule has 0 amide bonds. The first-order valence-electron chi connectivity index (χ1n) is 9.12. The van der Waals surface area contributed by atoms with Crippen LogP contribution in [0.15, 0.2) is 53.7 Å². The Hall–Kier alpha value is -2.60. The smallest absolute Gasteiger partial charge is 0.213 e. The summed E-state index contributed by atoms with van der Waals surface area (Å²) >= 11 is 0. The number of pyridine rings is 1. The fourth-order valence-electron chi connectivity index (χ4n) is 2.53. The van der Waals surface area contributed by atoms with Crippen molar-refractivity contribution in [2.75, 3.05) is 33.9 Å². The molecule has 6 heteroatoms. The Morgan fingerprint density at radius 1 is 1.07 bits per heavy atom. The van der Waals surface area contributed by atoms with Crippen molar-refractivity contribution in [1.29, 1.82) is 0 Å². The lowest BCUT2D eigenvalue weighted by Gasteiger charge is -2.26. The monoisotopic (exact) mass is 370 g/mol. The number of benzene rings is 1. The van der Waals surface area contributed by atoms with Crippen molar-refractivity contribution in [3.63, 3.8) is 0 Å². The van der Waals surface area contributed by atoms with Gasteiger partial charge in [-0.25, -0.2) is 4.98 Å². The van der Waals surface area contributed by atoms with Gasteiger partial charge in [0.05, 0.1) is 6.61 Å². The Morgan fingerprint density at radius 3 is 2.48 bits per heavy atom. The number of methoxy groups -OCH3 is 1. The highest BCUT2D eigenvalue weighted by atomic mass is 16.5. The molecule has 0 radical (unpaired) electrons. The molecule has 0 aliphatic heterocycles. The lowest BCUT2D eigenvalue weighted by Crippen LogP contribution is -2.43. The van der Waals surface area contributed by atoms with E-state index in [1.165, 1.54) is 5.56 Å². The average Bonchev–Trinajstić information content (AvgIpc) is 2.70. The number of guanidine groups is 1. The minimum Gasteiger partial charge on any atom is -0.475 e. The summed E-state index contributed by atoms with van der Waals surface area (Å²) in [4.78, 5) is 8.60. The highest BCUT2D eigenvalue weighted by Gasteiger charge is 2.20. The third kappa shape index (κ3) is 6.90. The summed E-state index contributed by atoms with van der Waals surface area (Å²) in [6.45, 7) is 6.89. The SMILES string of the molecule is CN=C(NCc1ccc(OCCOC)nc1)NCC(C)(C)c1ccccc1. The molecule has 0 aliphatic carbocycles. The Balaban J connectivity index is 1.81. The molecule has 2 rings (SSSR count). The molecule has 1 heterocycles. The molecule has 0 spiro atoms. The second kappa shape index (κ2) is 10.5. The quantitative estimate of drug-likeness (QED) is 0.404. The number of rotatable bonds is 9.